The number of hydrogen-bond donors (Lipinski definition) is 0. The summed E-state index contributed by atoms with van der Waals surface area (Å²) in [4.78, 5) is 42.5. The molecule has 34 heavy (non-hydrogen) atoms. The molecule has 0 unspecified atom stereocenters. The van der Waals surface area contributed by atoms with Gasteiger partial charge in [-0.3, -0.25) is 19.3 Å². The van der Waals surface area contributed by atoms with E-state index in [4.69, 9.17) is 4.74 Å². The minimum Gasteiger partial charge on any atom is -0.460 e. The first-order valence-electron chi connectivity index (χ1n) is 11.6. The van der Waals surface area contributed by atoms with Crippen molar-refractivity contribution >= 4 is 17.7 Å². The van der Waals surface area contributed by atoms with Crippen LogP contribution in [0.15, 0.2) is 72.8 Å². The van der Waals surface area contributed by atoms with Crippen molar-refractivity contribution in [3.63, 3.8) is 0 Å². The zero-order valence-corrected chi connectivity index (χ0v) is 18.9. The first kappa shape index (κ1) is 22.0. The Balaban J connectivity index is 1.24. The second-order valence-electron chi connectivity index (χ2n) is 8.67. The van der Waals surface area contributed by atoms with Crippen LogP contribution in [-0.2, 0) is 16.1 Å². The van der Waals surface area contributed by atoms with Gasteiger partial charge in [-0.05, 0) is 23.6 Å². The van der Waals surface area contributed by atoms with Crippen molar-refractivity contribution in [2.45, 2.75) is 13.0 Å². The van der Waals surface area contributed by atoms with Crippen molar-refractivity contribution in [2.24, 2.45) is 0 Å². The van der Waals surface area contributed by atoms with E-state index in [2.05, 4.69) is 0 Å². The molecule has 0 saturated carbocycles. The highest BCUT2D eigenvalue weighted by molar-refractivity contribution is 6.24. The first-order chi connectivity index (χ1) is 16.6. The van der Waals surface area contributed by atoms with Gasteiger partial charge in [0.2, 0.25) is 0 Å². The second kappa shape index (κ2) is 9.61. The molecule has 2 aliphatic rings. The Hall–Kier alpha value is -3.77. The van der Waals surface area contributed by atoms with Crippen LogP contribution in [0, 0.1) is 0 Å². The molecule has 0 bridgehead atoms. The number of fused-ring (bicyclic) bond motifs is 3. The zero-order valence-electron chi connectivity index (χ0n) is 18.9. The fourth-order valence-electron chi connectivity index (χ4n) is 4.72. The lowest BCUT2D eigenvalue weighted by molar-refractivity contribution is -0.146. The predicted octanol–water partition coefficient (Wildman–Crippen LogP) is 3.79. The van der Waals surface area contributed by atoms with E-state index in [-0.39, 0.29) is 30.8 Å². The van der Waals surface area contributed by atoms with E-state index in [1.165, 1.54) is 0 Å². The number of esters is 1. The summed E-state index contributed by atoms with van der Waals surface area (Å²) >= 11 is 0. The molecular formula is C28H26N2O4. The largest absolute Gasteiger partial charge is 0.460 e. The highest BCUT2D eigenvalue weighted by atomic mass is 16.5. The van der Waals surface area contributed by atoms with Crippen molar-refractivity contribution < 1.29 is 19.1 Å². The summed E-state index contributed by atoms with van der Waals surface area (Å²) in [5, 5.41) is 0. The maximum Gasteiger partial charge on any atom is 0.320 e. The van der Waals surface area contributed by atoms with E-state index in [0.29, 0.717) is 36.3 Å². The van der Waals surface area contributed by atoms with E-state index in [1.807, 2.05) is 64.4 Å². The van der Waals surface area contributed by atoms with Crippen molar-refractivity contribution in [2.75, 3.05) is 32.7 Å². The Morgan fingerprint density at radius 2 is 1.50 bits per heavy atom. The molecule has 6 nitrogen and oxygen atoms in total. The van der Waals surface area contributed by atoms with Gasteiger partial charge in [-0.25, -0.2) is 0 Å². The zero-order chi connectivity index (χ0) is 23.5. The van der Waals surface area contributed by atoms with Gasteiger partial charge in [-0.2, -0.15) is 0 Å². The molecule has 1 fully saturated rings. The molecule has 5 rings (SSSR count). The fraction of sp³-hybridized carbons (Fsp3) is 0.250. The van der Waals surface area contributed by atoms with E-state index in [9.17, 15) is 14.4 Å². The van der Waals surface area contributed by atoms with Crippen LogP contribution in [-0.4, -0.2) is 60.2 Å². The summed E-state index contributed by atoms with van der Waals surface area (Å²) in [5.41, 5.74) is 4.31. The molecule has 1 heterocycles. The average molecular weight is 455 g/mol. The van der Waals surface area contributed by atoms with Gasteiger partial charge < -0.3 is 9.64 Å². The number of nitrogens with zero attached hydrogens (tertiary/aromatic N) is 2. The molecule has 0 aromatic heterocycles. The first-order valence-corrected chi connectivity index (χ1v) is 11.6. The van der Waals surface area contributed by atoms with Gasteiger partial charge in [0.1, 0.15) is 6.61 Å². The van der Waals surface area contributed by atoms with Gasteiger partial charge in [-0.1, -0.05) is 66.7 Å². The van der Waals surface area contributed by atoms with Crippen LogP contribution >= 0.6 is 0 Å². The molecule has 1 aliphatic carbocycles. The van der Waals surface area contributed by atoms with Crippen LogP contribution < -0.4 is 0 Å². The normalized spacial score (nSPS) is 15.4. The fourth-order valence-corrected chi connectivity index (χ4v) is 4.72. The number of carbonyl (C=O) groups excluding carboxylic acids is 3. The van der Waals surface area contributed by atoms with Crippen LogP contribution in [0.3, 0.4) is 0 Å². The third-order valence-electron chi connectivity index (χ3n) is 6.45. The highest BCUT2D eigenvalue weighted by Crippen LogP contribution is 2.39. The Kier molecular flexibility index (Phi) is 6.23. The van der Waals surface area contributed by atoms with Crippen molar-refractivity contribution in [3.8, 4) is 11.1 Å². The number of ether oxygens (including phenoxy) is 1. The van der Waals surface area contributed by atoms with Gasteiger partial charge >= 0.3 is 5.97 Å². The third-order valence-corrected chi connectivity index (χ3v) is 6.45. The summed E-state index contributed by atoms with van der Waals surface area (Å²) in [6.45, 7) is 2.90. The summed E-state index contributed by atoms with van der Waals surface area (Å²) in [6, 6.07) is 22.4. The standard InChI is InChI=1S/C28H26N2O4/c31-25(34-19-20-8-2-1-3-9-20)18-29-14-7-15-30(17-16-29)28(33)24-13-6-12-23-26(24)21-10-4-5-11-22(21)27(23)32/h1-6,8-13H,7,14-19H2. The highest BCUT2D eigenvalue weighted by Gasteiger charge is 2.32. The summed E-state index contributed by atoms with van der Waals surface area (Å²) in [5.74, 6) is -0.370. The Bertz CT molecular complexity index is 1240. The van der Waals surface area contributed by atoms with Gasteiger partial charge in [0.25, 0.3) is 5.91 Å². The third kappa shape index (κ3) is 4.37. The van der Waals surface area contributed by atoms with Gasteiger partial charge in [-0.15, -0.1) is 0 Å². The lowest BCUT2D eigenvalue weighted by Crippen LogP contribution is -2.37. The lowest BCUT2D eigenvalue weighted by Gasteiger charge is -2.22. The van der Waals surface area contributed by atoms with Gasteiger partial charge in [0, 0.05) is 48.4 Å². The molecule has 3 aromatic carbocycles. The topological polar surface area (TPSA) is 66.9 Å². The maximum absolute atomic E-state index is 13.5. The quantitative estimate of drug-likeness (QED) is 0.429. The minimum atomic E-state index is -0.264. The molecule has 6 heteroatoms. The van der Waals surface area contributed by atoms with E-state index in [1.54, 1.807) is 18.2 Å². The van der Waals surface area contributed by atoms with E-state index < -0.39 is 0 Å². The van der Waals surface area contributed by atoms with Crippen molar-refractivity contribution in [3.05, 3.63) is 95.1 Å². The van der Waals surface area contributed by atoms with Gasteiger partial charge in [0.05, 0.1) is 6.54 Å². The number of hydrogen-bond acceptors (Lipinski definition) is 5. The second-order valence-corrected chi connectivity index (χ2v) is 8.67. The number of carbonyl (C=O) groups is 3. The Labute approximate surface area is 198 Å². The van der Waals surface area contributed by atoms with Crippen LogP contribution in [0.2, 0.25) is 0 Å². The molecule has 1 saturated heterocycles. The van der Waals surface area contributed by atoms with E-state index in [0.717, 1.165) is 29.7 Å². The van der Waals surface area contributed by atoms with Gasteiger partial charge in [0.15, 0.2) is 5.78 Å². The minimum absolute atomic E-state index is 0.0312. The predicted molar refractivity (Wildman–Crippen MR) is 129 cm³/mol. The molecule has 0 spiro atoms. The van der Waals surface area contributed by atoms with Crippen molar-refractivity contribution in [1.82, 2.24) is 9.80 Å². The molecular weight excluding hydrogens is 428 g/mol. The number of amides is 1. The molecule has 0 N–H and O–H groups in total. The smallest absolute Gasteiger partial charge is 0.320 e. The van der Waals surface area contributed by atoms with Crippen LogP contribution in [0.25, 0.3) is 11.1 Å². The Morgan fingerprint density at radius 3 is 2.32 bits per heavy atom. The number of rotatable bonds is 5. The molecule has 172 valence electrons. The molecule has 0 radical (unpaired) electrons. The van der Waals surface area contributed by atoms with Crippen LogP contribution in [0.4, 0.5) is 0 Å². The number of ketones is 1. The van der Waals surface area contributed by atoms with Crippen LogP contribution in [0.5, 0.6) is 0 Å². The number of benzene rings is 3. The molecule has 3 aromatic rings. The maximum atomic E-state index is 13.5. The average Bonchev–Trinajstić information content (AvgIpc) is 3.00. The monoisotopic (exact) mass is 454 g/mol. The van der Waals surface area contributed by atoms with E-state index >= 15 is 0 Å². The molecule has 1 amide bonds. The van der Waals surface area contributed by atoms with Crippen molar-refractivity contribution in [1.29, 1.82) is 0 Å². The Morgan fingerprint density at radius 1 is 0.765 bits per heavy atom. The SMILES string of the molecule is O=C(CN1CCCN(C(=O)c2cccc3c2-c2ccccc2C3=O)CC1)OCc1ccccc1. The van der Waals surface area contributed by atoms with Crippen LogP contribution in [0.1, 0.15) is 38.3 Å². The molecule has 1 aliphatic heterocycles. The summed E-state index contributed by atoms with van der Waals surface area (Å²) in [7, 11) is 0. The lowest BCUT2D eigenvalue weighted by atomic mass is 9.98. The molecule has 0 atom stereocenters. The summed E-state index contributed by atoms with van der Waals surface area (Å²) < 4.78 is 5.42. The summed E-state index contributed by atoms with van der Waals surface area (Å²) in [6.07, 6.45) is 0.766.